The normalized spacial score (nSPS) is 20.6. The number of aryl methyl sites for hydroxylation is 1. The first-order valence-corrected chi connectivity index (χ1v) is 7.11. The molecule has 1 unspecified atom stereocenters. The first-order valence-electron chi connectivity index (χ1n) is 5.99. The quantitative estimate of drug-likeness (QED) is 0.806. The van der Waals surface area contributed by atoms with Crippen LogP contribution in [0.1, 0.15) is 35.5 Å². The minimum atomic E-state index is 0.00104. The Morgan fingerprint density at radius 1 is 1.71 bits per heavy atom. The lowest BCUT2D eigenvalue weighted by Crippen LogP contribution is -2.40. The number of amides is 1. The van der Waals surface area contributed by atoms with Gasteiger partial charge in [-0.1, -0.05) is 21.1 Å². The van der Waals surface area contributed by atoms with Gasteiger partial charge in [-0.3, -0.25) is 4.79 Å². The summed E-state index contributed by atoms with van der Waals surface area (Å²) in [6, 6.07) is 1.70. The molecule has 0 spiro atoms. The summed E-state index contributed by atoms with van der Waals surface area (Å²) in [7, 11) is 0. The van der Waals surface area contributed by atoms with Gasteiger partial charge in [0.2, 0.25) is 0 Å². The fourth-order valence-corrected chi connectivity index (χ4v) is 2.92. The summed E-state index contributed by atoms with van der Waals surface area (Å²) in [5.41, 5.74) is 0.432. The molecular formula is C12H17BrN2O2. The van der Waals surface area contributed by atoms with Gasteiger partial charge in [0.1, 0.15) is 5.76 Å². The maximum Gasteiger partial charge on any atom is 0.276 e. The second-order valence-corrected chi connectivity index (χ2v) is 5.35. The minimum Gasteiger partial charge on any atom is -0.361 e. The Hall–Kier alpha value is -0.840. The topological polar surface area (TPSA) is 46.3 Å². The third-order valence-corrected chi connectivity index (χ3v) is 3.63. The molecule has 0 aliphatic carbocycles. The molecule has 0 radical (unpaired) electrons. The Balaban J connectivity index is 1.99. The van der Waals surface area contributed by atoms with Crippen LogP contribution < -0.4 is 0 Å². The number of halogens is 1. The number of hydrogen-bond acceptors (Lipinski definition) is 3. The van der Waals surface area contributed by atoms with E-state index in [9.17, 15) is 4.79 Å². The van der Waals surface area contributed by atoms with E-state index in [4.69, 9.17) is 4.52 Å². The van der Waals surface area contributed by atoms with Crippen LogP contribution in [0, 0.1) is 12.8 Å². The lowest BCUT2D eigenvalue weighted by Gasteiger charge is -2.32. The molecule has 2 heterocycles. The van der Waals surface area contributed by atoms with Crippen LogP contribution in [0.2, 0.25) is 0 Å². The number of hydrogen-bond donors (Lipinski definition) is 0. The van der Waals surface area contributed by atoms with E-state index in [1.165, 1.54) is 6.42 Å². The van der Waals surface area contributed by atoms with Gasteiger partial charge in [0.15, 0.2) is 5.69 Å². The summed E-state index contributed by atoms with van der Waals surface area (Å²) >= 11 is 3.46. The van der Waals surface area contributed by atoms with Crippen LogP contribution in [0.3, 0.4) is 0 Å². The summed E-state index contributed by atoms with van der Waals surface area (Å²) in [6.07, 6.45) is 3.43. The lowest BCUT2D eigenvalue weighted by molar-refractivity contribution is 0.0661. The molecule has 0 aromatic carbocycles. The van der Waals surface area contributed by atoms with Crippen molar-refractivity contribution < 1.29 is 9.32 Å². The van der Waals surface area contributed by atoms with E-state index in [0.29, 0.717) is 17.4 Å². The molecule has 17 heavy (non-hydrogen) atoms. The second-order valence-electron chi connectivity index (χ2n) is 4.56. The number of alkyl halides is 1. The van der Waals surface area contributed by atoms with Crippen molar-refractivity contribution in [3.05, 3.63) is 17.5 Å². The Bertz CT molecular complexity index is 390. The van der Waals surface area contributed by atoms with Crippen LogP contribution in [0.15, 0.2) is 10.6 Å². The molecule has 0 bridgehead atoms. The molecule has 1 saturated heterocycles. The second kappa shape index (κ2) is 5.67. The third kappa shape index (κ3) is 3.09. The molecule has 1 aliphatic rings. The van der Waals surface area contributed by atoms with Gasteiger partial charge in [-0.15, -0.1) is 0 Å². The van der Waals surface area contributed by atoms with E-state index >= 15 is 0 Å². The fraction of sp³-hybridized carbons (Fsp3) is 0.667. The molecule has 94 valence electrons. The number of carbonyl (C=O) groups is 1. The number of likely N-dealkylation sites (tertiary alicyclic amines) is 1. The van der Waals surface area contributed by atoms with Gasteiger partial charge in [-0.05, 0) is 32.1 Å². The van der Waals surface area contributed by atoms with Crippen LogP contribution in [-0.4, -0.2) is 34.4 Å². The van der Waals surface area contributed by atoms with Crippen molar-refractivity contribution in [1.29, 1.82) is 0 Å². The van der Waals surface area contributed by atoms with Crippen molar-refractivity contribution in [1.82, 2.24) is 10.1 Å². The van der Waals surface area contributed by atoms with Crippen LogP contribution in [0.25, 0.3) is 0 Å². The SMILES string of the molecule is Cc1cc(C(=O)N2CCCC(CCBr)C2)no1. The summed E-state index contributed by atoms with van der Waals surface area (Å²) < 4.78 is 4.95. The lowest BCUT2D eigenvalue weighted by atomic mass is 9.95. The number of aromatic nitrogens is 1. The van der Waals surface area contributed by atoms with E-state index in [2.05, 4.69) is 21.1 Å². The molecule has 1 aromatic rings. The minimum absolute atomic E-state index is 0.00104. The monoisotopic (exact) mass is 300 g/mol. The summed E-state index contributed by atoms with van der Waals surface area (Å²) in [5, 5.41) is 4.79. The van der Waals surface area contributed by atoms with Crippen molar-refractivity contribution in [2.75, 3.05) is 18.4 Å². The average molecular weight is 301 g/mol. The van der Waals surface area contributed by atoms with Crippen molar-refractivity contribution in [2.24, 2.45) is 5.92 Å². The molecule has 1 aromatic heterocycles. The van der Waals surface area contributed by atoms with Crippen molar-refractivity contribution in [3.8, 4) is 0 Å². The number of carbonyl (C=O) groups excluding carboxylic acids is 1. The van der Waals surface area contributed by atoms with E-state index < -0.39 is 0 Å². The standard InChI is InChI=1S/C12H17BrN2O2/c1-9-7-11(14-17-9)12(16)15-6-2-3-10(8-15)4-5-13/h7,10H,2-6,8H2,1H3. The summed E-state index contributed by atoms with van der Waals surface area (Å²) in [6.45, 7) is 3.48. The molecule has 1 fully saturated rings. The van der Waals surface area contributed by atoms with Gasteiger partial charge in [0, 0.05) is 24.5 Å². The Morgan fingerprint density at radius 2 is 2.53 bits per heavy atom. The molecule has 0 N–H and O–H groups in total. The molecular weight excluding hydrogens is 284 g/mol. The zero-order chi connectivity index (χ0) is 12.3. The van der Waals surface area contributed by atoms with Gasteiger partial charge in [-0.25, -0.2) is 0 Å². The van der Waals surface area contributed by atoms with Crippen LogP contribution >= 0.6 is 15.9 Å². The highest BCUT2D eigenvalue weighted by atomic mass is 79.9. The van der Waals surface area contributed by atoms with Crippen molar-refractivity contribution in [2.45, 2.75) is 26.2 Å². The first-order chi connectivity index (χ1) is 8.20. The Morgan fingerprint density at radius 3 is 3.18 bits per heavy atom. The van der Waals surface area contributed by atoms with Gasteiger partial charge in [0.25, 0.3) is 5.91 Å². The largest absolute Gasteiger partial charge is 0.361 e. The molecule has 0 saturated carbocycles. The van der Waals surface area contributed by atoms with Crippen LogP contribution in [-0.2, 0) is 0 Å². The first kappa shape index (κ1) is 12.6. The highest BCUT2D eigenvalue weighted by molar-refractivity contribution is 9.09. The predicted octanol–water partition coefficient (Wildman–Crippen LogP) is 2.62. The maximum absolute atomic E-state index is 12.2. The number of rotatable bonds is 3. The molecule has 2 rings (SSSR count). The smallest absolute Gasteiger partial charge is 0.276 e. The number of piperidine rings is 1. The maximum atomic E-state index is 12.2. The van der Waals surface area contributed by atoms with Crippen molar-refractivity contribution >= 4 is 21.8 Å². The van der Waals surface area contributed by atoms with Gasteiger partial charge < -0.3 is 9.42 Å². The third-order valence-electron chi connectivity index (χ3n) is 3.17. The highest BCUT2D eigenvalue weighted by Gasteiger charge is 2.25. The molecule has 1 atom stereocenters. The molecule has 4 nitrogen and oxygen atoms in total. The highest BCUT2D eigenvalue weighted by Crippen LogP contribution is 2.21. The number of nitrogens with zero attached hydrogens (tertiary/aromatic N) is 2. The average Bonchev–Trinajstić information content (AvgIpc) is 2.76. The molecule has 1 amide bonds. The Kier molecular flexibility index (Phi) is 4.20. The zero-order valence-corrected chi connectivity index (χ0v) is 11.6. The van der Waals surface area contributed by atoms with E-state index in [0.717, 1.165) is 31.3 Å². The van der Waals surface area contributed by atoms with Gasteiger partial charge >= 0.3 is 0 Å². The summed E-state index contributed by atoms with van der Waals surface area (Å²) in [4.78, 5) is 14.1. The fourth-order valence-electron chi connectivity index (χ4n) is 2.27. The zero-order valence-electron chi connectivity index (χ0n) is 9.99. The van der Waals surface area contributed by atoms with Crippen LogP contribution in [0.4, 0.5) is 0 Å². The van der Waals surface area contributed by atoms with Gasteiger partial charge in [-0.2, -0.15) is 0 Å². The van der Waals surface area contributed by atoms with Crippen LogP contribution in [0.5, 0.6) is 0 Å². The molecule has 1 aliphatic heterocycles. The van der Waals surface area contributed by atoms with Crippen molar-refractivity contribution in [3.63, 3.8) is 0 Å². The Labute approximate surface area is 109 Å². The predicted molar refractivity (Wildman–Crippen MR) is 68.3 cm³/mol. The summed E-state index contributed by atoms with van der Waals surface area (Å²) in [5.74, 6) is 1.29. The van der Waals surface area contributed by atoms with E-state index in [1.54, 1.807) is 13.0 Å². The van der Waals surface area contributed by atoms with E-state index in [-0.39, 0.29) is 5.91 Å². The van der Waals surface area contributed by atoms with Gasteiger partial charge in [0.05, 0.1) is 0 Å². The molecule has 5 heteroatoms. The van der Waals surface area contributed by atoms with E-state index in [1.807, 2.05) is 4.90 Å².